The van der Waals surface area contributed by atoms with Crippen LogP contribution in [0.4, 0.5) is 0 Å². The van der Waals surface area contributed by atoms with Crippen molar-refractivity contribution in [1.29, 1.82) is 0 Å². The molecule has 0 fully saturated rings. The molecule has 2 nitrogen and oxygen atoms in total. The van der Waals surface area contributed by atoms with Crippen molar-refractivity contribution in [3.63, 3.8) is 0 Å². The van der Waals surface area contributed by atoms with Gasteiger partial charge in [-0.3, -0.25) is 0 Å². The fraction of sp³-hybridized carbons (Fsp3) is 0.0909. The van der Waals surface area contributed by atoms with Crippen LogP contribution >= 0.6 is 46.0 Å². The van der Waals surface area contributed by atoms with Gasteiger partial charge in [-0.05, 0) is 40.3 Å². The minimum atomic E-state index is 0.763. The monoisotopic (exact) mass is 362 g/mol. The summed E-state index contributed by atoms with van der Waals surface area (Å²) in [5.74, 6) is 0.859. The summed E-state index contributed by atoms with van der Waals surface area (Å²) in [6.45, 7) is 0. The Hall–Kier alpha value is -0.330. The zero-order valence-corrected chi connectivity index (χ0v) is 12.0. The maximum Gasteiger partial charge on any atom is 0.187 e. The summed E-state index contributed by atoms with van der Waals surface area (Å²) in [5, 5.41) is 1.56. The Morgan fingerprint density at radius 1 is 1.12 bits per heavy atom. The summed E-state index contributed by atoms with van der Waals surface area (Å²) in [5.41, 5.74) is 1.22. The van der Waals surface area contributed by atoms with E-state index >= 15 is 0 Å². The van der Waals surface area contributed by atoms with Gasteiger partial charge in [0.25, 0.3) is 0 Å². The molecule has 0 aliphatic carbocycles. The molecule has 1 heterocycles. The van der Waals surface area contributed by atoms with Gasteiger partial charge in [0.1, 0.15) is 0 Å². The molecule has 1 aromatic heterocycles. The average Bonchev–Trinajstić information content (AvgIpc) is 2.30. The van der Waals surface area contributed by atoms with E-state index in [4.69, 9.17) is 11.6 Å². The van der Waals surface area contributed by atoms with Crippen LogP contribution in [0.2, 0.25) is 5.02 Å². The van der Waals surface area contributed by atoms with Crippen LogP contribution < -0.4 is 0 Å². The highest BCUT2D eigenvalue weighted by Gasteiger charge is 1.99. The van der Waals surface area contributed by atoms with Crippen molar-refractivity contribution in [3.8, 4) is 0 Å². The van der Waals surface area contributed by atoms with Gasteiger partial charge >= 0.3 is 0 Å². The lowest BCUT2D eigenvalue weighted by atomic mass is 10.2. The second-order valence-electron chi connectivity index (χ2n) is 3.10. The predicted octanol–water partition coefficient (Wildman–Crippen LogP) is 4.03. The number of aromatic nitrogens is 2. The van der Waals surface area contributed by atoms with Crippen molar-refractivity contribution in [2.75, 3.05) is 0 Å². The highest BCUT2D eigenvalue weighted by atomic mass is 127. The van der Waals surface area contributed by atoms with E-state index in [2.05, 4.69) is 32.6 Å². The van der Waals surface area contributed by atoms with Gasteiger partial charge < -0.3 is 0 Å². The van der Waals surface area contributed by atoms with E-state index in [1.54, 1.807) is 11.8 Å². The zero-order valence-electron chi connectivity index (χ0n) is 8.23. The zero-order chi connectivity index (χ0) is 11.4. The molecule has 1 aromatic carbocycles. The van der Waals surface area contributed by atoms with Crippen molar-refractivity contribution in [2.45, 2.75) is 10.9 Å². The Morgan fingerprint density at radius 2 is 1.75 bits per heavy atom. The minimum absolute atomic E-state index is 0.763. The van der Waals surface area contributed by atoms with Gasteiger partial charge in [-0.2, -0.15) is 0 Å². The molecule has 0 saturated carbocycles. The first kappa shape index (κ1) is 12.1. The molecular formula is C11H8ClIN2S. The van der Waals surface area contributed by atoms with Gasteiger partial charge in [0.05, 0.1) is 0 Å². The lowest BCUT2D eigenvalue weighted by Crippen LogP contribution is -1.87. The maximum atomic E-state index is 5.81. The molecule has 16 heavy (non-hydrogen) atoms. The fourth-order valence-electron chi connectivity index (χ4n) is 1.10. The van der Waals surface area contributed by atoms with Crippen LogP contribution in [-0.4, -0.2) is 9.97 Å². The number of hydrogen-bond acceptors (Lipinski definition) is 3. The molecule has 0 bridgehead atoms. The quantitative estimate of drug-likeness (QED) is 0.468. The Labute approximate surface area is 117 Å². The van der Waals surface area contributed by atoms with E-state index in [1.165, 1.54) is 5.56 Å². The largest absolute Gasteiger partial charge is 0.230 e. The maximum absolute atomic E-state index is 5.81. The Bertz CT molecular complexity index is 413. The number of thioether (sulfide) groups is 1. The van der Waals surface area contributed by atoms with Crippen LogP contribution in [0, 0.1) is 3.57 Å². The molecule has 5 heteroatoms. The molecule has 0 N–H and O–H groups in total. The minimum Gasteiger partial charge on any atom is -0.230 e. The molecule has 82 valence electrons. The summed E-state index contributed by atoms with van der Waals surface area (Å²) in [6.07, 6.45) is 3.63. The van der Waals surface area contributed by atoms with E-state index < -0.39 is 0 Å². The van der Waals surface area contributed by atoms with E-state index in [9.17, 15) is 0 Å². The molecule has 2 rings (SSSR count). The Kier molecular flexibility index (Phi) is 4.43. The van der Waals surface area contributed by atoms with Gasteiger partial charge in [0.2, 0.25) is 0 Å². The molecule has 0 saturated heterocycles. The van der Waals surface area contributed by atoms with Crippen LogP contribution in [0.25, 0.3) is 0 Å². The number of nitrogens with zero attached hydrogens (tertiary/aromatic N) is 2. The average molecular weight is 363 g/mol. The molecule has 0 radical (unpaired) electrons. The van der Waals surface area contributed by atoms with Gasteiger partial charge in [-0.25, -0.2) is 9.97 Å². The number of benzene rings is 1. The van der Waals surface area contributed by atoms with Crippen LogP contribution in [-0.2, 0) is 5.75 Å². The summed E-state index contributed by atoms with van der Waals surface area (Å²) in [4.78, 5) is 8.46. The number of hydrogen-bond donors (Lipinski definition) is 0. The van der Waals surface area contributed by atoms with Crippen LogP contribution in [0.1, 0.15) is 5.56 Å². The second kappa shape index (κ2) is 5.84. The summed E-state index contributed by atoms with van der Waals surface area (Å²) < 4.78 is 1.05. The molecule has 0 spiro atoms. The molecule has 0 amide bonds. The SMILES string of the molecule is Clc1ccc(CSc2ncc(I)cn2)cc1. The summed E-state index contributed by atoms with van der Waals surface area (Å²) >= 11 is 9.62. The smallest absolute Gasteiger partial charge is 0.187 e. The van der Waals surface area contributed by atoms with E-state index in [0.29, 0.717) is 0 Å². The van der Waals surface area contributed by atoms with Crippen LogP contribution in [0.5, 0.6) is 0 Å². The Morgan fingerprint density at radius 3 is 2.38 bits per heavy atom. The van der Waals surface area contributed by atoms with E-state index in [-0.39, 0.29) is 0 Å². The second-order valence-corrected chi connectivity index (χ2v) is 5.72. The molecular weight excluding hydrogens is 355 g/mol. The first-order valence-corrected chi connectivity index (χ1v) is 7.03. The van der Waals surface area contributed by atoms with Crippen molar-refractivity contribution < 1.29 is 0 Å². The fourth-order valence-corrected chi connectivity index (χ4v) is 2.25. The van der Waals surface area contributed by atoms with Crippen molar-refractivity contribution in [1.82, 2.24) is 9.97 Å². The number of halogens is 2. The lowest BCUT2D eigenvalue weighted by molar-refractivity contribution is 0.957. The molecule has 0 unspecified atom stereocenters. The normalized spacial score (nSPS) is 10.4. The van der Waals surface area contributed by atoms with E-state index in [1.807, 2.05) is 36.7 Å². The highest BCUT2D eigenvalue weighted by Crippen LogP contribution is 2.20. The third-order valence-electron chi connectivity index (χ3n) is 1.88. The third-order valence-corrected chi connectivity index (χ3v) is 3.63. The van der Waals surface area contributed by atoms with Crippen LogP contribution in [0.3, 0.4) is 0 Å². The van der Waals surface area contributed by atoms with Gasteiger partial charge in [0, 0.05) is 26.7 Å². The highest BCUT2D eigenvalue weighted by molar-refractivity contribution is 14.1. The first-order chi connectivity index (χ1) is 7.74. The van der Waals surface area contributed by atoms with Crippen molar-refractivity contribution in [3.05, 3.63) is 50.8 Å². The molecule has 0 aliphatic rings. The summed E-state index contributed by atoms with van der Waals surface area (Å²) in [6, 6.07) is 7.82. The molecule has 2 aromatic rings. The van der Waals surface area contributed by atoms with Crippen molar-refractivity contribution >= 4 is 46.0 Å². The topological polar surface area (TPSA) is 25.8 Å². The van der Waals surface area contributed by atoms with Gasteiger partial charge in [-0.15, -0.1) is 0 Å². The molecule has 0 atom stereocenters. The molecule has 0 aliphatic heterocycles. The Balaban J connectivity index is 1.97. The van der Waals surface area contributed by atoms with Gasteiger partial charge in [-0.1, -0.05) is 35.5 Å². The standard InChI is InChI=1S/C11H8ClIN2S/c12-9-3-1-8(2-4-9)7-16-11-14-5-10(13)6-15-11/h1-6H,7H2. The number of rotatable bonds is 3. The predicted molar refractivity (Wildman–Crippen MR) is 75.8 cm³/mol. The third kappa shape index (κ3) is 3.61. The van der Waals surface area contributed by atoms with Crippen molar-refractivity contribution in [2.24, 2.45) is 0 Å². The first-order valence-electron chi connectivity index (χ1n) is 4.59. The lowest BCUT2D eigenvalue weighted by Gasteiger charge is -2.00. The van der Waals surface area contributed by atoms with E-state index in [0.717, 1.165) is 19.5 Å². The van der Waals surface area contributed by atoms with Crippen LogP contribution in [0.15, 0.2) is 41.8 Å². The van der Waals surface area contributed by atoms with Gasteiger partial charge in [0.15, 0.2) is 5.16 Å². The summed E-state index contributed by atoms with van der Waals surface area (Å²) in [7, 11) is 0.